The molecular formula is C29H29ClFN3O4. The Kier molecular flexibility index (Phi) is 6.65. The van der Waals surface area contributed by atoms with Crippen molar-refractivity contribution in [2.75, 3.05) is 6.61 Å². The van der Waals surface area contributed by atoms with Crippen LogP contribution in [0.2, 0.25) is 5.02 Å². The molecule has 7 nitrogen and oxygen atoms in total. The Hall–Kier alpha value is -3.49. The quantitative estimate of drug-likeness (QED) is 0.303. The molecule has 5 rings (SSSR count). The van der Waals surface area contributed by atoms with Gasteiger partial charge >= 0.3 is 5.97 Å². The van der Waals surface area contributed by atoms with E-state index in [-0.39, 0.29) is 5.75 Å². The summed E-state index contributed by atoms with van der Waals surface area (Å²) >= 11 is 6.08. The highest BCUT2D eigenvalue weighted by molar-refractivity contribution is 6.30. The number of ether oxygens (including phenoxy) is 2. The van der Waals surface area contributed by atoms with Crippen molar-refractivity contribution < 1.29 is 23.8 Å². The minimum atomic E-state index is -1.36. The molecule has 0 spiro atoms. The minimum Gasteiger partial charge on any atom is -0.490 e. The van der Waals surface area contributed by atoms with E-state index in [1.165, 1.54) is 6.07 Å². The highest BCUT2D eigenvalue weighted by Crippen LogP contribution is 2.42. The zero-order chi connectivity index (χ0) is 27.4. The number of hydrogen-bond acceptors (Lipinski definition) is 5. The van der Waals surface area contributed by atoms with E-state index in [4.69, 9.17) is 31.2 Å². The highest BCUT2D eigenvalue weighted by Gasteiger charge is 2.34. The first-order valence-corrected chi connectivity index (χ1v) is 12.8. The lowest BCUT2D eigenvalue weighted by Crippen LogP contribution is -2.29. The number of benzene rings is 2. The van der Waals surface area contributed by atoms with Crippen molar-refractivity contribution in [2.24, 2.45) is 0 Å². The van der Waals surface area contributed by atoms with Crippen molar-refractivity contribution in [3.05, 3.63) is 69.6 Å². The Morgan fingerprint density at radius 3 is 2.58 bits per heavy atom. The monoisotopic (exact) mass is 537 g/mol. The summed E-state index contributed by atoms with van der Waals surface area (Å²) < 4.78 is 28.7. The maximum Gasteiger partial charge on any atom is 0.337 e. The molecule has 0 aliphatic carbocycles. The van der Waals surface area contributed by atoms with Crippen LogP contribution in [0.3, 0.4) is 0 Å². The second-order valence-corrected chi connectivity index (χ2v) is 10.9. The molecule has 4 aromatic rings. The maximum atomic E-state index is 15.4. The first-order chi connectivity index (χ1) is 17.9. The Morgan fingerprint density at radius 2 is 1.92 bits per heavy atom. The van der Waals surface area contributed by atoms with Crippen LogP contribution in [0, 0.1) is 19.7 Å². The van der Waals surface area contributed by atoms with E-state index < -0.39 is 23.5 Å². The molecule has 2 aromatic carbocycles. The molecule has 1 unspecified atom stereocenters. The molecule has 0 saturated heterocycles. The summed E-state index contributed by atoms with van der Waals surface area (Å²) in [5.41, 5.74) is 4.46. The first-order valence-electron chi connectivity index (χ1n) is 12.5. The predicted octanol–water partition coefficient (Wildman–Crippen LogP) is 6.74. The Labute approximate surface area is 225 Å². The third-order valence-electron chi connectivity index (χ3n) is 6.62. The van der Waals surface area contributed by atoms with Crippen molar-refractivity contribution in [1.29, 1.82) is 0 Å². The molecule has 1 aliphatic rings. The third-order valence-corrected chi connectivity index (χ3v) is 6.87. The second-order valence-electron chi connectivity index (χ2n) is 10.5. The van der Waals surface area contributed by atoms with Gasteiger partial charge in [-0.05, 0) is 71.2 Å². The molecule has 38 heavy (non-hydrogen) atoms. The van der Waals surface area contributed by atoms with Gasteiger partial charge in [0.15, 0.2) is 23.3 Å². The van der Waals surface area contributed by atoms with E-state index in [2.05, 4.69) is 0 Å². The minimum absolute atomic E-state index is 0.254. The van der Waals surface area contributed by atoms with Gasteiger partial charge in [-0.2, -0.15) is 5.10 Å². The summed E-state index contributed by atoms with van der Waals surface area (Å²) in [4.78, 5) is 17.3. The number of carbonyl (C=O) groups is 1. The summed E-state index contributed by atoms with van der Waals surface area (Å²) in [6, 6.07) is 10.5. The summed E-state index contributed by atoms with van der Waals surface area (Å²) in [6.07, 6.45) is 0.0615. The first kappa shape index (κ1) is 26.1. The van der Waals surface area contributed by atoms with E-state index in [9.17, 15) is 9.90 Å². The maximum absolute atomic E-state index is 15.4. The predicted molar refractivity (Wildman–Crippen MR) is 143 cm³/mol. The molecule has 1 aliphatic heterocycles. The zero-order valence-electron chi connectivity index (χ0n) is 21.9. The SMILES string of the molecule is Cc1nc2cc(-c3ccc(Cl)cc3)nn2c(-c2cc(F)c3c(c2C)CCCO3)c1C(OC(C)(C)C)C(=O)O. The molecule has 3 heterocycles. The van der Waals surface area contributed by atoms with Crippen LogP contribution in [-0.2, 0) is 16.0 Å². The Balaban J connectivity index is 1.86. The van der Waals surface area contributed by atoms with Crippen molar-refractivity contribution >= 4 is 23.2 Å². The van der Waals surface area contributed by atoms with Gasteiger partial charge in [0.2, 0.25) is 0 Å². The molecule has 0 fully saturated rings. The number of hydrogen-bond donors (Lipinski definition) is 1. The van der Waals surface area contributed by atoms with Gasteiger partial charge in [0.1, 0.15) is 0 Å². The van der Waals surface area contributed by atoms with Crippen LogP contribution in [-0.4, -0.2) is 37.9 Å². The lowest BCUT2D eigenvalue weighted by molar-refractivity contribution is -0.160. The molecule has 0 amide bonds. The molecule has 0 saturated carbocycles. The van der Waals surface area contributed by atoms with Gasteiger partial charge in [-0.3, -0.25) is 0 Å². The van der Waals surface area contributed by atoms with Crippen LogP contribution < -0.4 is 4.74 Å². The van der Waals surface area contributed by atoms with Crippen molar-refractivity contribution in [3.8, 4) is 28.3 Å². The van der Waals surface area contributed by atoms with E-state index in [0.717, 1.165) is 23.1 Å². The fourth-order valence-corrected chi connectivity index (χ4v) is 5.08. The van der Waals surface area contributed by atoms with Gasteiger partial charge in [0, 0.05) is 39.0 Å². The summed E-state index contributed by atoms with van der Waals surface area (Å²) in [7, 11) is 0. The zero-order valence-corrected chi connectivity index (χ0v) is 22.7. The van der Waals surface area contributed by atoms with Crippen LogP contribution in [0.15, 0.2) is 36.4 Å². The standard InChI is InChI=1S/C29H29ClFN3O4/c1-15-19-7-6-12-37-26(19)21(31)13-20(15)25-24(27(28(35)36)38-29(3,4)5)16(2)32-23-14-22(33-34(23)25)17-8-10-18(30)11-9-17/h8-11,13-14,27H,6-7,12H2,1-5H3,(H,35,36). The Morgan fingerprint density at radius 1 is 1.21 bits per heavy atom. The number of aromatic nitrogens is 3. The number of nitrogens with zero attached hydrogens (tertiary/aromatic N) is 3. The molecule has 198 valence electrons. The van der Waals surface area contributed by atoms with Gasteiger partial charge < -0.3 is 14.6 Å². The fraction of sp³-hybridized carbons (Fsp3) is 0.345. The van der Waals surface area contributed by atoms with E-state index in [0.29, 0.717) is 51.9 Å². The highest BCUT2D eigenvalue weighted by atomic mass is 35.5. The normalized spacial score (nSPS) is 14.3. The smallest absolute Gasteiger partial charge is 0.337 e. The molecule has 1 atom stereocenters. The van der Waals surface area contributed by atoms with Crippen molar-refractivity contribution in [1.82, 2.24) is 14.6 Å². The largest absolute Gasteiger partial charge is 0.490 e. The van der Waals surface area contributed by atoms with Gasteiger partial charge in [-0.15, -0.1) is 0 Å². The summed E-state index contributed by atoms with van der Waals surface area (Å²) in [6.45, 7) is 9.46. The van der Waals surface area contributed by atoms with Gasteiger partial charge in [-0.25, -0.2) is 18.7 Å². The average molecular weight is 538 g/mol. The van der Waals surface area contributed by atoms with Gasteiger partial charge in [-0.1, -0.05) is 23.7 Å². The average Bonchev–Trinajstić information content (AvgIpc) is 3.27. The van der Waals surface area contributed by atoms with Gasteiger partial charge in [0.25, 0.3) is 0 Å². The fourth-order valence-electron chi connectivity index (χ4n) is 4.96. The van der Waals surface area contributed by atoms with E-state index in [1.54, 1.807) is 44.3 Å². The number of carboxylic acid groups (broad SMARTS) is 1. The van der Waals surface area contributed by atoms with Crippen molar-refractivity contribution in [3.63, 3.8) is 0 Å². The lowest BCUT2D eigenvalue weighted by atomic mass is 9.91. The summed E-state index contributed by atoms with van der Waals surface area (Å²) in [5.74, 6) is -1.42. The molecule has 0 radical (unpaired) electrons. The van der Waals surface area contributed by atoms with Crippen molar-refractivity contribution in [2.45, 2.75) is 59.2 Å². The Bertz CT molecular complexity index is 1560. The van der Waals surface area contributed by atoms with Crippen LogP contribution in [0.1, 0.15) is 55.7 Å². The van der Waals surface area contributed by atoms with Crippen LogP contribution >= 0.6 is 11.6 Å². The number of halogens is 2. The third kappa shape index (κ3) is 4.74. The number of fused-ring (bicyclic) bond motifs is 2. The van der Waals surface area contributed by atoms with E-state index in [1.807, 2.05) is 25.1 Å². The molecular weight excluding hydrogens is 509 g/mol. The number of carboxylic acids is 1. The van der Waals surface area contributed by atoms with Crippen LogP contribution in [0.5, 0.6) is 5.75 Å². The molecule has 0 bridgehead atoms. The summed E-state index contributed by atoms with van der Waals surface area (Å²) in [5, 5.41) is 15.7. The number of aryl methyl sites for hydroxylation is 1. The molecule has 2 aromatic heterocycles. The lowest BCUT2D eigenvalue weighted by Gasteiger charge is -2.28. The topological polar surface area (TPSA) is 86.0 Å². The van der Waals surface area contributed by atoms with E-state index >= 15 is 4.39 Å². The van der Waals surface area contributed by atoms with Gasteiger partial charge in [0.05, 0.1) is 23.6 Å². The molecule has 9 heteroatoms. The number of aliphatic carboxylic acids is 1. The molecule has 1 N–H and O–H groups in total. The second kappa shape index (κ2) is 9.67. The number of rotatable bonds is 5. The van der Waals surface area contributed by atoms with Crippen LogP contribution in [0.4, 0.5) is 4.39 Å². The van der Waals surface area contributed by atoms with Crippen LogP contribution in [0.25, 0.3) is 28.2 Å².